The molecule has 0 radical (unpaired) electrons. The zero-order chi connectivity index (χ0) is 14.7. The first-order valence-corrected chi connectivity index (χ1v) is 7.30. The van der Waals surface area contributed by atoms with Gasteiger partial charge in [-0.2, -0.15) is 0 Å². The van der Waals surface area contributed by atoms with Gasteiger partial charge in [0.15, 0.2) is 0 Å². The van der Waals surface area contributed by atoms with Gasteiger partial charge in [-0.3, -0.25) is 0 Å². The quantitative estimate of drug-likeness (QED) is 0.825. The van der Waals surface area contributed by atoms with Crippen molar-refractivity contribution in [2.45, 2.75) is 32.3 Å². The van der Waals surface area contributed by atoms with Crippen LogP contribution >= 0.6 is 0 Å². The molecule has 20 heavy (non-hydrogen) atoms. The van der Waals surface area contributed by atoms with Gasteiger partial charge in [0.05, 0.1) is 6.10 Å². The summed E-state index contributed by atoms with van der Waals surface area (Å²) < 4.78 is 5.27. The predicted octanol–water partition coefficient (Wildman–Crippen LogP) is 1.26. The van der Waals surface area contributed by atoms with E-state index < -0.39 is 5.97 Å². The van der Waals surface area contributed by atoms with E-state index in [1.54, 1.807) is 0 Å². The van der Waals surface area contributed by atoms with Crippen LogP contribution < -0.4 is 0 Å². The second kappa shape index (κ2) is 6.43. The molecule has 2 rings (SSSR count). The maximum atomic E-state index is 12.3. The molecule has 1 N–H and O–H groups in total. The average Bonchev–Trinajstić information content (AvgIpc) is 3.11. The second-order valence-corrected chi connectivity index (χ2v) is 6.03. The van der Waals surface area contributed by atoms with E-state index in [0.29, 0.717) is 31.8 Å². The Labute approximate surface area is 119 Å². The summed E-state index contributed by atoms with van der Waals surface area (Å²) in [5.74, 6) is 0.475. The van der Waals surface area contributed by atoms with Crippen molar-refractivity contribution < 1.29 is 19.4 Å². The fraction of sp³-hybridized carbons (Fsp3) is 0.857. The predicted molar refractivity (Wildman–Crippen MR) is 73.5 cm³/mol. The van der Waals surface area contributed by atoms with Crippen LogP contribution in [0.3, 0.4) is 0 Å². The van der Waals surface area contributed by atoms with Crippen molar-refractivity contribution in [3.05, 3.63) is 0 Å². The molecule has 0 spiro atoms. The highest BCUT2D eigenvalue weighted by atomic mass is 16.5. The normalized spacial score (nSPS) is 26.4. The number of hydrogen-bond donors (Lipinski definition) is 1. The van der Waals surface area contributed by atoms with Crippen molar-refractivity contribution in [2.24, 2.45) is 11.8 Å². The molecule has 1 aliphatic carbocycles. The van der Waals surface area contributed by atoms with Crippen LogP contribution in [-0.2, 0) is 9.53 Å². The monoisotopic (exact) mass is 284 g/mol. The minimum atomic E-state index is -0.943. The van der Waals surface area contributed by atoms with Gasteiger partial charge in [-0.05, 0) is 31.1 Å². The summed E-state index contributed by atoms with van der Waals surface area (Å²) in [6, 6.07) is 0.0841. The van der Waals surface area contributed by atoms with Crippen molar-refractivity contribution in [1.29, 1.82) is 0 Å². The number of carboxylic acid groups (broad SMARTS) is 1. The number of likely N-dealkylation sites (tertiary alicyclic amines) is 1. The largest absolute Gasteiger partial charge is 0.480 e. The Morgan fingerprint density at radius 2 is 1.95 bits per heavy atom. The fourth-order valence-corrected chi connectivity index (χ4v) is 2.73. The number of nitrogens with zero attached hydrogens (tertiary/aromatic N) is 2. The average molecular weight is 284 g/mol. The van der Waals surface area contributed by atoms with Gasteiger partial charge in [-0.25, -0.2) is 9.59 Å². The van der Waals surface area contributed by atoms with Gasteiger partial charge in [0.2, 0.25) is 0 Å². The first-order valence-electron chi connectivity index (χ1n) is 7.30. The molecule has 6 heteroatoms. The number of aliphatic carboxylic acids is 1. The minimum Gasteiger partial charge on any atom is -0.480 e. The van der Waals surface area contributed by atoms with E-state index in [9.17, 15) is 9.59 Å². The number of ether oxygens (including phenoxy) is 1. The molecule has 1 saturated heterocycles. The van der Waals surface area contributed by atoms with Crippen LogP contribution in [0.15, 0.2) is 0 Å². The number of hydrogen-bond acceptors (Lipinski definition) is 3. The molecule has 0 bridgehead atoms. The van der Waals surface area contributed by atoms with Gasteiger partial charge in [0, 0.05) is 26.7 Å². The van der Waals surface area contributed by atoms with Crippen molar-refractivity contribution >= 4 is 12.0 Å². The number of carbonyl (C=O) groups excluding carboxylic acids is 1. The third-order valence-corrected chi connectivity index (χ3v) is 4.27. The van der Waals surface area contributed by atoms with Crippen molar-refractivity contribution in [3.63, 3.8) is 0 Å². The lowest BCUT2D eigenvalue weighted by Gasteiger charge is -2.34. The van der Waals surface area contributed by atoms with Crippen LogP contribution in [0.1, 0.15) is 26.2 Å². The van der Waals surface area contributed by atoms with Crippen LogP contribution in [0.2, 0.25) is 0 Å². The molecule has 2 fully saturated rings. The van der Waals surface area contributed by atoms with Crippen LogP contribution in [0.5, 0.6) is 0 Å². The van der Waals surface area contributed by atoms with E-state index in [0.717, 1.165) is 12.5 Å². The summed E-state index contributed by atoms with van der Waals surface area (Å²) in [4.78, 5) is 26.4. The molecule has 0 aromatic rings. The Bertz CT molecular complexity index is 366. The fourth-order valence-electron chi connectivity index (χ4n) is 2.73. The van der Waals surface area contributed by atoms with E-state index in [-0.39, 0.29) is 18.7 Å². The van der Waals surface area contributed by atoms with E-state index in [1.807, 2.05) is 16.8 Å². The zero-order valence-electron chi connectivity index (χ0n) is 12.2. The lowest BCUT2D eigenvalue weighted by atomic mass is 10.1. The molecular formula is C14H24N2O4. The van der Waals surface area contributed by atoms with Gasteiger partial charge >= 0.3 is 12.0 Å². The molecule has 1 saturated carbocycles. The Balaban J connectivity index is 1.69. The molecule has 2 atom stereocenters. The highest BCUT2D eigenvalue weighted by Crippen LogP contribution is 2.38. The van der Waals surface area contributed by atoms with Crippen LogP contribution in [-0.4, -0.2) is 66.3 Å². The maximum Gasteiger partial charge on any atom is 0.329 e. The zero-order valence-corrected chi connectivity index (χ0v) is 12.2. The summed E-state index contributed by atoms with van der Waals surface area (Å²) in [5, 5.41) is 8.57. The number of amides is 2. The summed E-state index contributed by atoms with van der Waals surface area (Å²) in [6.07, 6.45) is 2.62. The standard InChI is InChI=1S/C14H24N2O4/c1-10-7-11(10)8-15(2)14(19)16-5-3-12(4-6-16)20-9-13(17)18/h10-12H,3-9H2,1-2H3,(H,17,18). The van der Waals surface area contributed by atoms with E-state index >= 15 is 0 Å². The van der Waals surface area contributed by atoms with Gasteiger partial charge in [-0.15, -0.1) is 0 Å². The molecule has 2 unspecified atom stereocenters. The molecule has 1 aliphatic heterocycles. The van der Waals surface area contributed by atoms with Gasteiger partial charge in [0.1, 0.15) is 6.61 Å². The molecule has 2 aliphatic rings. The number of piperidine rings is 1. The highest BCUT2D eigenvalue weighted by Gasteiger charge is 2.35. The lowest BCUT2D eigenvalue weighted by Crippen LogP contribution is -2.47. The third kappa shape index (κ3) is 4.10. The number of urea groups is 1. The van der Waals surface area contributed by atoms with Gasteiger partial charge in [-0.1, -0.05) is 6.92 Å². The van der Waals surface area contributed by atoms with Gasteiger partial charge in [0.25, 0.3) is 0 Å². The Hall–Kier alpha value is -1.30. The summed E-state index contributed by atoms with van der Waals surface area (Å²) in [6.45, 7) is 4.10. The maximum absolute atomic E-state index is 12.3. The Morgan fingerprint density at radius 1 is 1.35 bits per heavy atom. The molecule has 1 heterocycles. The van der Waals surface area contributed by atoms with Gasteiger partial charge < -0.3 is 19.6 Å². The second-order valence-electron chi connectivity index (χ2n) is 6.03. The topological polar surface area (TPSA) is 70.1 Å². The van der Waals surface area contributed by atoms with Crippen LogP contribution in [0.25, 0.3) is 0 Å². The van der Waals surface area contributed by atoms with Crippen molar-refractivity contribution in [1.82, 2.24) is 9.80 Å². The van der Waals surface area contributed by atoms with E-state index in [2.05, 4.69) is 6.92 Å². The minimum absolute atomic E-state index is 0.0380. The van der Waals surface area contributed by atoms with E-state index in [1.165, 1.54) is 6.42 Å². The molecule has 0 aromatic carbocycles. The summed E-state index contributed by atoms with van der Waals surface area (Å²) >= 11 is 0. The van der Waals surface area contributed by atoms with Crippen LogP contribution in [0, 0.1) is 11.8 Å². The molecule has 114 valence electrons. The van der Waals surface area contributed by atoms with Crippen molar-refractivity contribution in [3.8, 4) is 0 Å². The first-order chi connectivity index (χ1) is 9.47. The SMILES string of the molecule is CC1CC1CN(C)C(=O)N1CCC(OCC(=O)O)CC1. The Kier molecular flexibility index (Phi) is 4.86. The summed E-state index contributed by atoms with van der Waals surface area (Å²) in [7, 11) is 1.86. The number of carboxylic acids is 1. The molecule has 2 amide bonds. The molecule has 6 nitrogen and oxygen atoms in total. The summed E-state index contributed by atoms with van der Waals surface area (Å²) in [5.41, 5.74) is 0. The number of rotatable bonds is 5. The Morgan fingerprint density at radius 3 is 2.45 bits per heavy atom. The first kappa shape index (κ1) is 15.1. The van der Waals surface area contributed by atoms with E-state index in [4.69, 9.17) is 9.84 Å². The third-order valence-electron chi connectivity index (χ3n) is 4.27. The highest BCUT2D eigenvalue weighted by molar-refractivity contribution is 5.74. The number of carbonyl (C=O) groups is 2. The molecule has 0 aromatic heterocycles. The smallest absolute Gasteiger partial charge is 0.329 e. The lowest BCUT2D eigenvalue weighted by molar-refractivity contribution is -0.145. The van der Waals surface area contributed by atoms with Crippen LogP contribution in [0.4, 0.5) is 4.79 Å². The molecular weight excluding hydrogens is 260 g/mol. The van der Waals surface area contributed by atoms with Crippen molar-refractivity contribution in [2.75, 3.05) is 33.3 Å².